The van der Waals surface area contributed by atoms with Crippen molar-refractivity contribution in [3.63, 3.8) is 0 Å². The van der Waals surface area contributed by atoms with Gasteiger partial charge >= 0.3 is 4.87 Å². The predicted molar refractivity (Wildman–Crippen MR) is 171 cm³/mol. The zero-order chi connectivity index (χ0) is 31.7. The number of anilines is 2. The molecular formula is C34H28FN3O6S2. The fourth-order valence-electron chi connectivity index (χ4n) is 8.05. The van der Waals surface area contributed by atoms with Crippen LogP contribution in [0.15, 0.2) is 82.6 Å². The number of imide groups is 1. The smallest absolute Gasteiger partial charge is 0.305 e. The molecule has 3 aromatic carbocycles. The maximum atomic E-state index is 13.9. The number of rotatable bonds is 7. The summed E-state index contributed by atoms with van der Waals surface area (Å²) in [6, 6.07) is 20.0. The Morgan fingerprint density at radius 3 is 2.46 bits per heavy atom. The molecule has 4 aliphatic rings. The molecule has 0 spiro atoms. The Kier molecular flexibility index (Phi) is 7.02. The molecule has 2 aliphatic heterocycles. The third kappa shape index (κ3) is 4.65. The first kappa shape index (κ1) is 29.0. The van der Waals surface area contributed by atoms with Gasteiger partial charge in [-0.05, 0) is 90.4 Å². The van der Waals surface area contributed by atoms with Gasteiger partial charge in [-0.15, -0.1) is 11.8 Å². The number of hydrogen-bond donors (Lipinski definition) is 2. The molecule has 3 fully saturated rings. The number of thioether (sulfide) groups is 1. The molecule has 2 N–H and O–H groups in total. The summed E-state index contributed by atoms with van der Waals surface area (Å²) in [6.45, 7) is -0.199. The standard InChI is InChI=1S/C34H28FN3O6S2/c1-43-20-11-7-18(8-12-20)36-24(39)15-44-21-4-2-3-16(13-21)25-26-22-14-23(29(26)45-31-30(25)46-34(42)37-31)28-27(22)32(40)38(33(28)41)19-9-5-17(35)6-10-19/h2-13,22-23,25-29H,14-15H2,1H3,(H,36,39)(H,37,42)/t22-,23-,25-,26?,27?,28?,29?/m1/s1. The number of benzene rings is 3. The number of nitrogens with zero attached hydrogens (tertiary/aromatic N) is 1. The normalized spacial score (nSPS) is 27.3. The fourth-order valence-corrected chi connectivity index (χ4v) is 10.9. The van der Waals surface area contributed by atoms with Crippen molar-refractivity contribution < 1.29 is 28.2 Å². The van der Waals surface area contributed by atoms with Gasteiger partial charge in [-0.2, -0.15) is 0 Å². The van der Waals surface area contributed by atoms with Crippen LogP contribution in [0.25, 0.3) is 0 Å². The molecule has 9 nitrogen and oxygen atoms in total. The Morgan fingerprint density at radius 1 is 0.978 bits per heavy atom. The molecule has 2 bridgehead atoms. The number of H-pyrrole nitrogens is 1. The van der Waals surface area contributed by atoms with Gasteiger partial charge in [-0.3, -0.25) is 24.1 Å². The Morgan fingerprint density at radius 2 is 1.72 bits per heavy atom. The van der Waals surface area contributed by atoms with Crippen LogP contribution < -0.4 is 24.6 Å². The van der Waals surface area contributed by atoms with Crippen LogP contribution in [0.3, 0.4) is 0 Å². The van der Waals surface area contributed by atoms with E-state index >= 15 is 0 Å². The van der Waals surface area contributed by atoms with Crippen molar-refractivity contribution in [2.24, 2.45) is 29.6 Å². The minimum absolute atomic E-state index is 0.00809. The highest BCUT2D eigenvalue weighted by atomic mass is 32.2. The van der Waals surface area contributed by atoms with Crippen LogP contribution in [-0.4, -0.2) is 41.7 Å². The van der Waals surface area contributed by atoms with E-state index in [-0.39, 0.29) is 58.1 Å². The molecule has 3 heterocycles. The van der Waals surface area contributed by atoms with Crippen molar-refractivity contribution in [1.29, 1.82) is 0 Å². The van der Waals surface area contributed by atoms with Gasteiger partial charge in [-0.25, -0.2) is 4.39 Å². The van der Waals surface area contributed by atoms with Gasteiger partial charge in [-0.1, -0.05) is 23.5 Å². The minimum atomic E-state index is -0.467. The summed E-state index contributed by atoms with van der Waals surface area (Å²) >= 11 is 2.79. The minimum Gasteiger partial charge on any atom is -0.497 e. The second-order valence-corrected chi connectivity index (χ2v) is 14.3. The Hall–Kier alpha value is -4.42. The SMILES string of the molecule is COc1ccc(NC(=O)COc2cccc([C@H]3c4sc(=O)[nH]c4SC4C3[C@H]3C[C@@H]4C4C(=O)N(c5ccc(F)cc5)C(=O)C43)c2)cc1. The van der Waals surface area contributed by atoms with E-state index in [4.69, 9.17) is 9.47 Å². The molecule has 234 valence electrons. The number of thiazole rings is 1. The lowest BCUT2D eigenvalue weighted by Gasteiger charge is -2.43. The number of halogens is 1. The lowest BCUT2D eigenvalue weighted by Crippen LogP contribution is -2.42. The van der Waals surface area contributed by atoms with Crippen molar-refractivity contribution in [3.8, 4) is 11.5 Å². The van der Waals surface area contributed by atoms with E-state index in [1.54, 1.807) is 49.2 Å². The van der Waals surface area contributed by atoms with Crippen molar-refractivity contribution in [3.05, 3.63) is 98.7 Å². The summed E-state index contributed by atoms with van der Waals surface area (Å²) < 4.78 is 24.7. The molecule has 1 saturated heterocycles. The largest absolute Gasteiger partial charge is 0.497 e. The molecular weight excluding hydrogens is 630 g/mol. The fraction of sp³-hybridized carbons (Fsp3) is 0.294. The van der Waals surface area contributed by atoms with E-state index in [2.05, 4.69) is 10.3 Å². The van der Waals surface area contributed by atoms with Crippen LogP contribution in [0, 0.1) is 35.4 Å². The van der Waals surface area contributed by atoms with Crippen LogP contribution in [0.2, 0.25) is 0 Å². The average molecular weight is 658 g/mol. The van der Waals surface area contributed by atoms with Crippen LogP contribution in [0.5, 0.6) is 11.5 Å². The van der Waals surface area contributed by atoms with Crippen LogP contribution in [0.1, 0.15) is 22.8 Å². The van der Waals surface area contributed by atoms with E-state index in [0.717, 1.165) is 21.9 Å². The molecule has 12 heteroatoms. The first-order valence-electron chi connectivity index (χ1n) is 15.0. The van der Waals surface area contributed by atoms with Crippen LogP contribution in [-0.2, 0) is 14.4 Å². The molecule has 8 rings (SSSR count). The number of aromatic nitrogens is 1. The average Bonchev–Trinajstić information content (AvgIpc) is 3.80. The number of hydrogen-bond acceptors (Lipinski definition) is 8. The molecule has 1 aromatic heterocycles. The molecule has 2 saturated carbocycles. The molecule has 4 aromatic rings. The predicted octanol–water partition coefficient (Wildman–Crippen LogP) is 5.28. The third-order valence-electron chi connectivity index (χ3n) is 9.77. The third-order valence-corrected chi connectivity index (χ3v) is 12.4. The number of nitrogens with one attached hydrogen (secondary N) is 2. The summed E-state index contributed by atoms with van der Waals surface area (Å²) in [7, 11) is 1.58. The number of aromatic amines is 1. The highest BCUT2D eigenvalue weighted by Crippen LogP contribution is 2.68. The number of carbonyl (C=O) groups excluding carboxylic acids is 3. The lowest BCUT2D eigenvalue weighted by atomic mass is 9.68. The quantitative estimate of drug-likeness (QED) is 0.260. The monoisotopic (exact) mass is 657 g/mol. The molecule has 46 heavy (non-hydrogen) atoms. The van der Waals surface area contributed by atoms with Crippen LogP contribution in [0.4, 0.5) is 15.8 Å². The highest BCUT2D eigenvalue weighted by Gasteiger charge is 2.69. The zero-order valence-electron chi connectivity index (χ0n) is 24.5. The van der Waals surface area contributed by atoms with Gasteiger partial charge in [0.05, 0.1) is 29.7 Å². The van der Waals surface area contributed by atoms with E-state index in [1.807, 2.05) is 18.2 Å². The Balaban J connectivity index is 1.07. The number of carbonyl (C=O) groups is 3. The van der Waals surface area contributed by atoms with Gasteiger partial charge < -0.3 is 19.8 Å². The topological polar surface area (TPSA) is 118 Å². The summed E-state index contributed by atoms with van der Waals surface area (Å²) in [6.07, 6.45) is 0.754. The number of methoxy groups -OCH3 is 1. The first-order valence-corrected chi connectivity index (χ1v) is 16.7. The highest BCUT2D eigenvalue weighted by molar-refractivity contribution is 8.00. The van der Waals surface area contributed by atoms with Gasteiger partial charge in [0.1, 0.15) is 17.3 Å². The summed E-state index contributed by atoms with van der Waals surface area (Å²) in [5, 5.41) is 3.65. The van der Waals surface area contributed by atoms with Crippen molar-refractivity contribution in [1.82, 2.24) is 4.98 Å². The van der Waals surface area contributed by atoms with E-state index in [0.29, 0.717) is 22.9 Å². The van der Waals surface area contributed by atoms with E-state index in [1.165, 1.54) is 40.5 Å². The van der Waals surface area contributed by atoms with Gasteiger partial charge in [0.2, 0.25) is 11.8 Å². The number of fused-ring (bicyclic) bond motifs is 9. The van der Waals surface area contributed by atoms with E-state index < -0.39 is 17.7 Å². The van der Waals surface area contributed by atoms with E-state index in [9.17, 15) is 23.6 Å². The maximum Gasteiger partial charge on any atom is 0.305 e. The van der Waals surface area contributed by atoms with Crippen molar-refractivity contribution >= 4 is 52.2 Å². The second kappa shape index (κ2) is 11.1. The summed E-state index contributed by atoms with van der Waals surface area (Å²) in [4.78, 5) is 57.9. The molecule has 2 aliphatic carbocycles. The van der Waals surface area contributed by atoms with Crippen molar-refractivity contribution in [2.45, 2.75) is 22.6 Å². The zero-order valence-corrected chi connectivity index (χ0v) is 26.1. The van der Waals surface area contributed by atoms with Crippen LogP contribution >= 0.6 is 23.1 Å². The second-order valence-electron chi connectivity index (χ2n) is 12.1. The first-order chi connectivity index (χ1) is 22.3. The molecule has 7 atom stereocenters. The van der Waals surface area contributed by atoms with Crippen molar-refractivity contribution in [2.75, 3.05) is 23.9 Å². The van der Waals surface area contributed by atoms with Gasteiger partial charge in [0.25, 0.3) is 5.91 Å². The summed E-state index contributed by atoms with van der Waals surface area (Å²) in [5.41, 5.74) is 1.94. The number of amides is 3. The molecule has 0 radical (unpaired) electrons. The number of ether oxygens (including phenoxy) is 2. The van der Waals surface area contributed by atoms with Gasteiger partial charge in [0.15, 0.2) is 6.61 Å². The van der Waals surface area contributed by atoms with Gasteiger partial charge in [0, 0.05) is 21.7 Å². The molecule has 4 unspecified atom stereocenters. The Bertz CT molecular complexity index is 1930. The summed E-state index contributed by atoms with van der Waals surface area (Å²) in [5.74, 6) is -1.20. The lowest BCUT2D eigenvalue weighted by molar-refractivity contribution is -0.123. The Labute approximate surface area is 271 Å². The molecule has 3 amide bonds. The maximum absolute atomic E-state index is 13.9.